The highest BCUT2D eigenvalue weighted by Crippen LogP contribution is 2.29. The van der Waals surface area contributed by atoms with E-state index in [-0.39, 0.29) is 12.5 Å². The van der Waals surface area contributed by atoms with Crippen LogP contribution < -0.4 is 5.73 Å². The lowest BCUT2D eigenvalue weighted by Crippen LogP contribution is -2.35. The molecule has 0 atom stereocenters. The highest BCUT2D eigenvalue weighted by Gasteiger charge is 2.32. The normalized spacial score (nSPS) is 14.4. The highest BCUT2D eigenvalue weighted by atomic mass is 32.1. The summed E-state index contributed by atoms with van der Waals surface area (Å²) in [6.07, 6.45) is 3.93. The number of carbonyl (C=O) groups excluding carboxylic acids is 1. The van der Waals surface area contributed by atoms with Crippen molar-refractivity contribution in [3.05, 3.63) is 34.3 Å². The van der Waals surface area contributed by atoms with Crippen molar-refractivity contribution in [3.63, 3.8) is 0 Å². The number of thiophene rings is 1. The predicted octanol–water partition coefficient (Wildman–Crippen LogP) is 0.989. The smallest absolute Gasteiger partial charge is 0.244 e. The van der Waals surface area contributed by atoms with Crippen LogP contribution in [0.5, 0.6) is 0 Å². The largest absolute Gasteiger partial charge is 0.333 e. The monoisotopic (exact) mass is 291 g/mol. The zero-order valence-electron chi connectivity index (χ0n) is 11.1. The number of amides is 1. The Balaban J connectivity index is 1.66. The third-order valence-electron chi connectivity index (χ3n) is 3.31. The Morgan fingerprint density at radius 2 is 2.40 bits per heavy atom. The average molecular weight is 291 g/mol. The number of aromatic nitrogens is 3. The summed E-state index contributed by atoms with van der Waals surface area (Å²) in [5, 5.41) is 9.87. The summed E-state index contributed by atoms with van der Waals surface area (Å²) in [6, 6.07) is 4.47. The molecule has 0 radical (unpaired) electrons. The maximum atomic E-state index is 12.4. The van der Waals surface area contributed by atoms with E-state index in [9.17, 15) is 4.79 Å². The van der Waals surface area contributed by atoms with Crippen LogP contribution in [0.2, 0.25) is 0 Å². The van der Waals surface area contributed by atoms with Gasteiger partial charge >= 0.3 is 0 Å². The van der Waals surface area contributed by atoms with E-state index in [1.807, 2.05) is 16.3 Å². The number of nitrogens with zero attached hydrogens (tertiary/aromatic N) is 4. The molecular formula is C13H17N5OS. The minimum atomic E-state index is 0.0920. The highest BCUT2D eigenvalue weighted by molar-refractivity contribution is 7.09. The van der Waals surface area contributed by atoms with Gasteiger partial charge in [-0.05, 0) is 24.3 Å². The molecule has 0 saturated heterocycles. The molecule has 1 amide bonds. The molecule has 1 saturated carbocycles. The third-order valence-corrected chi connectivity index (χ3v) is 4.17. The van der Waals surface area contributed by atoms with E-state index >= 15 is 0 Å². The fourth-order valence-corrected chi connectivity index (χ4v) is 2.82. The van der Waals surface area contributed by atoms with Crippen molar-refractivity contribution in [2.75, 3.05) is 0 Å². The van der Waals surface area contributed by atoms with Gasteiger partial charge in [-0.25, -0.2) is 4.68 Å². The molecule has 1 aliphatic carbocycles. The lowest BCUT2D eigenvalue weighted by molar-refractivity contribution is -0.133. The van der Waals surface area contributed by atoms with Gasteiger partial charge in [0.2, 0.25) is 5.91 Å². The van der Waals surface area contributed by atoms with E-state index in [0.717, 1.165) is 12.8 Å². The number of nitrogens with two attached hydrogens (primary N) is 1. The van der Waals surface area contributed by atoms with E-state index in [1.54, 1.807) is 22.2 Å². The van der Waals surface area contributed by atoms with Crippen molar-refractivity contribution < 1.29 is 4.79 Å². The molecule has 106 valence electrons. The first-order valence-corrected chi connectivity index (χ1v) is 7.55. The number of hydrogen-bond acceptors (Lipinski definition) is 5. The molecule has 0 aromatic carbocycles. The van der Waals surface area contributed by atoms with Crippen molar-refractivity contribution in [1.29, 1.82) is 0 Å². The van der Waals surface area contributed by atoms with Crippen LogP contribution >= 0.6 is 11.3 Å². The molecule has 6 nitrogen and oxygen atoms in total. The maximum absolute atomic E-state index is 12.4. The van der Waals surface area contributed by atoms with E-state index in [2.05, 4.69) is 16.4 Å². The molecule has 3 rings (SSSR count). The topological polar surface area (TPSA) is 77.0 Å². The Hall–Kier alpha value is -1.73. The van der Waals surface area contributed by atoms with Crippen molar-refractivity contribution in [3.8, 4) is 0 Å². The van der Waals surface area contributed by atoms with Crippen molar-refractivity contribution >= 4 is 17.2 Å². The van der Waals surface area contributed by atoms with Crippen LogP contribution in [0.25, 0.3) is 0 Å². The molecule has 1 aliphatic rings. The first-order valence-electron chi connectivity index (χ1n) is 6.67. The van der Waals surface area contributed by atoms with Gasteiger partial charge in [-0.15, -0.1) is 16.4 Å². The van der Waals surface area contributed by atoms with Crippen molar-refractivity contribution in [1.82, 2.24) is 19.9 Å². The van der Waals surface area contributed by atoms with Crippen LogP contribution in [-0.4, -0.2) is 31.8 Å². The second-order valence-electron chi connectivity index (χ2n) is 4.94. The Kier molecular flexibility index (Phi) is 3.79. The molecule has 2 aromatic heterocycles. The quantitative estimate of drug-likeness (QED) is 0.861. The summed E-state index contributed by atoms with van der Waals surface area (Å²) >= 11 is 1.68. The lowest BCUT2D eigenvalue weighted by Gasteiger charge is -2.21. The zero-order valence-corrected chi connectivity index (χ0v) is 11.9. The van der Waals surface area contributed by atoms with Gasteiger partial charge in [0.1, 0.15) is 6.54 Å². The van der Waals surface area contributed by atoms with Gasteiger partial charge in [0.05, 0.1) is 18.4 Å². The summed E-state index contributed by atoms with van der Waals surface area (Å²) in [6.45, 7) is 1.27. The van der Waals surface area contributed by atoms with Gasteiger partial charge < -0.3 is 10.6 Å². The fraction of sp³-hybridized carbons (Fsp3) is 0.462. The van der Waals surface area contributed by atoms with Gasteiger partial charge in [-0.3, -0.25) is 4.79 Å². The molecule has 0 aliphatic heterocycles. The molecule has 1 fully saturated rings. The van der Waals surface area contributed by atoms with Crippen LogP contribution in [0.4, 0.5) is 0 Å². The van der Waals surface area contributed by atoms with Crippen molar-refractivity contribution in [2.45, 2.75) is 38.5 Å². The molecule has 7 heteroatoms. The van der Waals surface area contributed by atoms with Gasteiger partial charge in [-0.1, -0.05) is 11.3 Å². The van der Waals surface area contributed by atoms with E-state index in [1.165, 1.54) is 4.88 Å². The molecule has 0 spiro atoms. The molecule has 2 heterocycles. The van der Waals surface area contributed by atoms with Crippen molar-refractivity contribution in [2.24, 2.45) is 5.73 Å². The SMILES string of the molecule is NCc1cn(CC(=O)N(Cc2cccs2)C2CC2)nn1. The Bertz CT molecular complexity index is 575. The number of carbonyl (C=O) groups is 1. The zero-order chi connectivity index (χ0) is 13.9. The first kappa shape index (κ1) is 13.3. The Labute approximate surface area is 121 Å². The summed E-state index contributed by atoms with van der Waals surface area (Å²) in [5.41, 5.74) is 6.20. The van der Waals surface area contributed by atoms with Crippen LogP contribution in [-0.2, 0) is 24.4 Å². The second-order valence-corrected chi connectivity index (χ2v) is 5.98. The molecular weight excluding hydrogens is 274 g/mol. The van der Waals surface area contributed by atoms with Gasteiger partial charge in [0.25, 0.3) is 0 Å². The van der Waals surface area contributed by atoms with Crippen LogP contribution in [0.15, 0.2) is 23.7 Å². The minimum absolute atomic E-state index is 0.0920. The summed E-state index contributed by atoms with van der Waals surface area (Å²) in [5.74, 6) is 0.0920. The molecule has 2 aromatic rings. The van der Waals surface area contributed by atoms with Crippen LogP contribution in [0.3, 0.4) is 0 Å². The summed E-state index contributed by atoms with van der Waals surface area (Å²) in [4.78, 5) is 15.6. The fourth-order valence-electron chi connectivity index (χ4n) is 2.12. The van der Waals surface area contributed by atoms with Crippen LogP contribution in [0.1, 0.15) is 23.4 Å². The van der Waals surface area contributed by atoms with E-state index in [4.69, 9.17) is 5.73 Å². The standard InChI is InChI=1S/C13H17N5OS/c14-6-10-7-17(16-15-10)9-13(19)18(11-3-4-11)8-12-2-1-5-20-12/h1-2,5,7,11H,3-4,6,8-9,14H2. The van der Waals surface area contributed by atoms with E-state index in [0.29, 0.717) is 24.8 Å². The Morgan fingerprint density at radius 3 is 3.00 bits per heavy atom. The van der Waals surface area contributed by atoms with E-state index < -0.39 is 0 Å². The summed E-state index contributed by atoms with van der Waals surface area (Å²) in [7, 11) is 0. The molecule has 2 N–H and O–H groups in total. The minimum Gasteiger partial charge on any atom is -0.333 e. The first-order chi connectivity index (χ1) is 9.76. The maximum Gasteiger partial charge on any atom is 0.244 e. The van der Waals surface area contributed by atoms with Crippen LogP contribution in [0, 0.1) is 0 Å². The van der Waals surface area contributed by atoms with Gasteiger partial charge in [-0.2, -0.15) is 0 Å². The van der Waals surface area contributed by atoms with Gasteiger partial charge in [0, 0.05) is 17.5 Å². The number of rotatable bonds is 6. The second kappa shape index (κ2) is 5.72. The van der Waals surface area contributed by atoms with Gasteiger partial charge in [0.15, 0.2) is 0 Å². The summed E-state index contributed by atoms with van der Waals surface area (Å²) < 4.78 is 1.56. The molecule has 0 unspecified atom stereocenters. The number of hydrogen-bond donors (Lipinski definition) is 1. The Morgan fingerprint density at radius 1 is 1.55 bits per heavy atom. The molecule has 20 heavy (non-hydrogen) atoms. The lowest BCUT2D eigenvalue weighted by atomic mass is 10.3. The average Bonchev–Trinajstić information content (AvgIpc) is 2.98. The predicted molar refractivity (Wildman–Crippen MR) is 75.8 cm³/mol. The third kappa shape index (κ3) is 3.05. The molecule has 0 bridgehead atoms.